The van der Waals surface area contributed by atoms with Gasteiger partial charge in [0.05, 0.1) is 22.3 Å². The van der Waals surface area contributed by atoms with Gasteiger partial charge in [0.25, 0.3) is 0 Å². The van der Waals surface area contributed by atoms with Crippen LogP contribution in [0.25, 0.3) is 33.3 Å². The van der Waals surface area contributed by atoms with Gasteiger partial charge in [-0.3, -0.25) is 4.98 Å². The maximum atomic E-state index is 11.2. The number of aromatic nitrogens is 3. The second kappa shape index (κ2) is 7.69. The summed E-state index contributed by atoms with van der Waals surface area (Å²) in [7, 11) is 0. The highest BCUT2D eigenvalue weighted by Gasteiger charge is 2.20. The quantitative estimate of drug-likeness (QED) is 0.441. The van der Waals surface area contributed by atoms with Crippen LogP contribution in [0.1, 0.15) is 47.5 Å². The summed E-state index contributed by atoms with van der Waals surface area (Å²) < 4.78 is 7.69. The Kier molecular flexibility index (Phi) is 4.85. The van der Waals surface area contributed by atoms with E-state index in [4.69, 9.17) is 9.51 Å². The number of carbonyl (C=O) groups is 1. The van der Waals surface area contributed by atoms with Crippen LogP contribution in [0.4, 0.5) is 0 Å². The maximum absolute atomic E-state index is 11.2. The Balaban J connectivity index is 1.64. The lowest BCUT2D eigenvalue weighted by Gasteiger charge is -2.12. The molecule has 1 aliphatic carbocycles. The van der Waals surface area contributed by atoms with E-state index in [1.807, 2.05) is 32.2 Å². The zero-order valence-corrected chi connectivity index (χ0v) is 17.8. The Morgan fingerprint density at radius 2 is 1.90 bits per heavy atom. The number of aromatic carboxylic acids is 1. The maximum Gasteiger partial charge on any atom is 0.335 e. The Hall–Kier alpha value is -3.41. The summed E-state index contributed by atoms with van der Waals surface area (Å²) >= 11 is 0. The van der Waals surface area contributed by atoms with E-state index >= 15 is 0 Å². The predicted octanol–water partition coefficient (Wildman–Crippen LogP) is 5.86. The standard InChI is InChI=1S/C25H25N3O3/c1-15-23(16(2)31-27-15)20-11-22-24(26-12-20)21(14-28(22)13-17-5-3-4-6-17)18-7-9-19(10-8-18)25(29)30/h7-12,14,17H,3-6,13H2,1-2H3,(H,29,30). The van der Waals surface area contributed by atoms with Gasteiger partial charge in [0, 0.05) is 35.6 Å². The minimum atomic E-state index is -0.919. The number of fused-ring (bicyclic) bond motifs is 1. The molecule has 6 nitrogen and oxygen atoms in total. The van der Waals surface area contributed by atoms with Gasteiger partial charge in [0.1, 0.15) is 5.76 Å². The van der Waals surface area contributed by atoms with Gasteiger partial charge in [-0.2, -0.15) is 0 Å². The molecule has 1 N–H and O–H groups in total. The smallest absolute Gasteiger partial charge is 0.335 e. The van der Waals surface area contributed by atoms with Crippen molar-refractivity contribution in [3.8, 4) is 22.3 Å². The van der Waals surface area contributed by atoms with E-state index in [2.05, 4.69) is 22.0 Å². The fraction of sp³-hybridized carbons (Fsp3) is 0.320. The van der Waals surface area contributed by atoms with Crippen molar-refractivity contribution in [2.24, 2.45) is 5.92 Å². The molecule has 0 radical (unpaired) electrons. The fourth-order valence-electron chi connectivity index (χ4n) is 4.82. The van der Waals surface area contributed by atoms with Crippen LogP contribution in [0.3, 0.4) is 0 Å². The molecule has 4 aromatic rings. The number of rotatable bonds is 5. The molecule has 0 amide bonds. The number of aryl methyl sites for hydroxylation is 2. The van der Waals surface area contributed by atoms with Crippen molar-refractivity contribution in [2.45, 2.75) is 46.1 Å². The zero-order valence-electron chi connectivity index (χ0n) is 17.8. The first-order chi connectivity index (χ1) is 15.0. The van der Waals surface area contributed by atoms with Crippen LogP contribution in [0.2, 0.25) is 0 Å². The summed E-state index contributed by atoms with van der Waals surface area (Å²) in [6.45, 7) is 4.84. The molecule has 3 aromatic heterocycles. The van der Waals surface area contributed by atoms with Crippen molar-refractivity contribution in [1.29, 1.82) is 0 Å². The minimum absolute atomic E-state index is 0.284. The Morgan fingerprint density at radius 3 is 2.55 bits per heavy atom. The van der Waals surface area contributed by atoms with Gasteiger partial charge in [-0.05, 0) is 56.4 Å². The first-order valence-electron chi connectivity index (χ1n) is 10.8. The van der Waals surface area contributed by atoms with Crippen LogP contribution in [0, 0.1) is 19.8 Å². The van der Waals surface area contributed by atoms with Gasteiger partial charge >= 0.3 is 5.97 Å². The molecule has 3 heterocycles. The second-order valence-electron chi connectivity index (χ2n) is 8.52. The molecule has 1 fully saturated rings. The molecule has 1 aliphatic rings. The van der Waals surface area contributed by atoms with Crippen LogP contribution >= 0.6 is 0 Å². The minimum Gasteiger partial charge on any atom is -0.478 e. The molecule has 0 aliphatic heterocycles. The first kappa shape index (κ1) is 19.5. The van der Waals surface area contributed by atoms with Crippen molar-refractivity contribution in [3.63, 3.8) is 0 Å². The monoisotopic (exact) mass is 415 g/mol. The van der Waals surface area contributed by atoms with E-state index in [0.717, 1.165) is 51.3 Å². The molecule has 0 unspecified atom stereocenters. The number of carboxylic acid groups (broad SMARTS) is 1. The molecule has 158 valence electrons. The van der Waals surface area contributed by atoms with E-state index in [1.54, 1.807) is 12.1 Å². The predicted molar refractivity (Wildman–Crippen MR) is 119 cm³/mol. The van der Waals surface area contributed by atoms with Crippen LogP contribution < -0.4 is 0 Å². The summed E-state index contributed by atoms with van der Waals surface area (Å²) in [5.74, 6) is 0.551. The number of carboxylic acids is 1. The average Bonchev–Trinajstić information content (AvgIpc) is 3.48. The Bertz CT molecular complexity index is 1240. The van der Waals surface area contributed by atoms with E-state index in [1.165, 1.54) is 25.7 Å². The molecular weight excluding hydrogens is 390 g/mol. The largest absolute Gasteiger partial charge is 0.478 e. The Morgan fingerprint density at radius 1 is 1.16 bits per heavy atom. The molecule has 0 saturated heterocycles. The third kappa shape index (κ3) is 3.52. The van der Waals surface area contributed by atoms with Gasteiger partial charge in [-0.1, -0.05) is 30.1 Å². The van der Waals surface area contributed by atoms with Crippen molar-refractivity contribution in [2.75, 3.05) is 0 Å². The summed E-state index contributed by atoms with van der Waals surface area (Å²) in [6, 6.07) is 9.20. The van der Waals surface area contributed by atoms with Crippen molar-refractivity contribution in [1.82, 2.24) is 14.7 Å². The molecule has 1 aromatic carbocycles. The van der Waals surface area contributed by atoms with Crippen LogP contribution in [-0.4, -0.2) is 25.8 Å². The lowest BCUT2D eigenvalue weighted by molar-refractivity contribution is 0.0697. The highest BCUT2D eigenvalue weighted by Crippen LogP contribution is 2.35. The van der Waals surface area contributed by atoms with E-state index in [0.29, 0.717) is 5.92 Å². The molecule has 0 atom stereocenters. The number of pyridine rings is 1. The van der Waals surface area contributed by atoms with E-state index in [-0.39, 0.29) is 5.56 Å². The summed E-state index contributed by atoms with van der Waals surface area (Å²) in [5, 5.41) is 13.3. The first-order valence-corrected chi connectivity index (χ1v) is 10.8. The van der Waals surface area contributed by atoms with Gasteiger partial charge in [0.2, 0.25) is 0 Å². The number of nitrogens with zero attached hydrogens (tertiary/aromatic N) is 3. The van der Waals surface area contributed by atoms with Gasteiger partial charge in [-0.25, -0.2) is 4.79 Å². The lowest BCUT2D eigenvalue weighted by atomic mass is 10.0. The summed E-state index contributed by atoms with van der Waals surface area (Å²) in [6.07, 6.45) is 9.18. The fourth-order valence-corrected chi connectivity index (χ4v) is 4.82. The van der Waals surface area contributed by atoms with Crippen LogP contribution in [-0.2, 0) is 6.54 Å². The second-order valence-corrected chi connectivity index (χ2v) is 8.52. The third-order valence-electron chi connectivity index (χ3n) is 6.41. The highest BCUT2D eigenvalue weighted by molar-refractivity contribution is 5.96. The topological polar surface area (TPSA) is 81.2 Å². The molecule has 31 heavy (non-hydrogen) atoms. The molecule has 6 heteroatoms. The normalized spacial score (nSPS) is 14.5. The van der Waals surface area contributed by atoms with Crippen molar-refractivity contribution in [3.05, 3.63) is 59.7 Å². The molecule has 0 bridgehead atoms. The highest BCUT2D eigenvalue weighted by atomic mass is 16.5. The van der Waals surface area contributed by atoms with Crippen LogP contribution in [0.15, 0.2) is 47.2 Å². The lowest BCUT2D eigenvalue weighted by Crippen LogP contribution is -2.06. The van der Waals surface area contributed by atoms with E-state index in [9.17, 15) is 9.90 Å². The van der Waals surface area contributed by atoms with Crippen molar-refractivity contribution < 1.29 is 14.4 Å². The Labute approximate surface area is 180 Å². The van der Waals surface area contributed by atoms with Crippen molar-refractivity contribution >= 4 is 17.0 Å². The van der Waals surface area contributed by atoms with Gasteiger partial charge in [-0.15, -0.1) is 0 Å². The number of benzene rings is 1. The molecular formula is C25H25N3O3. The SMILES string of the molecule is Cc1noc(C)c1-c1cnc2c(-c3ccc(C(=O)O)cc3)cn(CC3CCCC3)c2c1. The molecule has 0 spiro atoms. The average molecular weight is 415 g/mol. The zero-order chi connectivity index (χ0) is 21.5. The van der Waals surface area contributed by atoms with E-state index < -0.39 is 5.97 Å². The summed E-state index contributed by atoms with van der Waals surface area (Å²) in [4.78, 5) is 16.1. The number of hydrogen-bond donors (Lipinski definition) is 1. The molecule has 1 saturated carbocycles. The van der Waals surface area contributed by atoms with Gasteiger partial charge in [0.15, 0.2) is 0 Å². The van der Waals surface area contributed by atoms with Gasteiger partial charge < -0.3 is 14.2 Å². The third-order valence-corrected chi connectivity index (χ3v) is 6.41. The number of hydrogen-bond acceptors (Lipinski definition) is 4. The summed E-state index contributed by atoms with van der Waals surface area (Å²) in [5.41, 5.74) is 7.15. The van der Waals surface area contributed by atoms with Crippen LogP contribution in [0.5, 0.6) is 0 Å². The molecule has 5 rings (SSSR count).